The Morgan fingerprint density at radius 3 is 2.42 bits per heavy atom. The minimum Gasteiger partial charge on any atom is -0.478 e. The van der Waals surface area contributed by atoms with E-state index in [0.717, 1.165) is 0 Å². The number of carbonyl (C=O) groups excluding carboxylic acids is 1. The molecule has 104 valence electrons. The molecule has 0 atom stereocenters. The van der Waals surface area contributed by atoms with E-state index < -0.39 is 5.97 Å². The van der Waals surface area contributed by atoms with Crippen molar-refractivity contribution in [2.75, 3.05) is 11.9 Å². The van der Waals surface area contributed by atoms with Gasteiger partial charge in [0, 0.05) is 5.54 Å². The van der Waals surface area contributed by atoms with Gasteiger partial charge in [0.05, 0.1) is 17.8 Å². The summed E-state index contributed by atoms with van der Waals surface area (Å²) in [5.41, 5.74) is 0.286. The Bertz CT molecular complexity index is 492. The van der Waals surface area contributed by atoms with Gasteiger partial charge < -0.3 is 15.7 Å². The van der Waals surface area contributed by atoms with Crippen molar-refractivity contribution in [1.82, 2.24) is 10.3 Å². The maximum absolute atomic E-state index is 11.6. The van der Waals surface area contributed by atoms with Crippen LogP contribution < -0.4 is 10.6 Å². The van der Waals surface area contributed by atoms with Gasteiger partial charge in [-0.15, -0.1) is 0 Å². The van der Waals surface area contributed by atoms with Crippen LogP contribution in [0.4, 0.5) is 5.82 Å². The van der Waals surface area contributed by atoms with Crippen molar-refractivity contribution < 1.29 is 14.7 Å². The second-order valence-corrected chi connectivity index (χ2v) is 5.29. The third kappa shape index (κ3) is 4.95. The van der Waals surface area contributed by atoms with Crippen LogP contribution in [-0.2, 0) is 4.79 Å². The van der Waals surface area contributed by atoms with Crippen LogP contribution in [0.3, 0.4) is 0 Å². The molecule has 1 aromatic heterocycles. The molecule has 3 N–H and O–H groups in total. The molecule has 0 aliphatic carbocycles. The summed E-state index contributed by atoms with van der Waals surface area (Å²) in [5.74, 6) is -0.678. The SMILES string of the molecule is Cc1nc(NCC(=O)NC(C)(C)C)ccc1C(=O)O. The summed E-state index contributed by atoms with van der Waals surface area (Å²) in [4.78, 5) is 26.5. The largest absolute Gasteiger partial charge is 0.478 e. The number of pyridine rings is 1. The average molecular weight is 265 g/mol. The molecule has 1 amide bonds. The summed E-state index contributed by atoms with van der Waals surface area (Å²) in [7, 11) is 0. The topological polar surface area (TPSA) is 91.3 Å². The lowest BCUT2D eigenvalue weighted by atomic mass is 10.1. The summed E-state index contributed by atoms with van der Waals surface area (Å²) in [5, 5.41) is 14.5. The van der Waals surface area contributed by atoms with Crippen molar-refractivity contribution in [3.8, 4) is 0 Å². The van der Waals surface area contributed by atoms with Crippen LogP contribution in [0.15, 0.2) is 12.1 Å². The van der Waals surface area contributed by atoms with E-state index in [9.17, 15) is 9.59 Å². The third-order valence-corrected chi connectivity index (χ3v) is 2.26. The lowest BCUT2D eigenvalue weighted by molar-refractivity contribution is -0.120. The van der Waals surface area contributed by atoms with Gasteiger partial charge in [-0.05, 0) is 39.8 Å². The maximum Gasteiger partial charge on any atom is 0.337 e. The molecule has 19 heavy (non-hydrogen) atoms. The minimum atomic E-state index is -1.01. The van der Waals surface area contributed by atoms with Gasteiger partial charge in [0.2, 0.25) is 5.91 Å². The van der Waals surface area contributed by atoms with Crippen LogP contribution in [0.25, 0.3) is 0 Å². The molecular weight excluding hydrogens is 246 g/mol. The standard InChI is InChI=1S/C13H19N3O3/c1-8-9(12(18)19)5-6-10(15-8)14-7-11(17)16-13(2,3)4/h5-6H,7H2,1-4H3,(H,14,15)(H,16,17)(H,18,19). The Hall–Kier alpha value is -2.11. The molecule has 1 heterocycles. The number of carboxylic acids is 1. The Labute approximate surface area is 112 Å². The molecule has 6 nitrogen and oxygen atoms in total. The number of nitrogens with zero attached hydrogens (tertiary/aromatic N) is 1. The first-order valence-electron chi connectivity index (χ1n) is 5.95. The number of hydrogen-bond acceptors (Lipinski definition) is 4. The van der Waals surface area contributed by atoms with Gasteiger partial charge in [-0.1, -0.05) is 0 Å². The first kappa shape index (κ1) is 14.9. The number of carbonyl (C=O) groups is 2. The van der Waals surface area contributed by atoms with Crippen LogP contribution in [0.2, 0.25) is 0 Å². The van der Waals surface area contributed by atoms with Gasteiger partial charge >= 0.3 is 5.97 Å². The highest BCUT2D eigenvalue weighted by Crippen LogP contribution is 2.10. The average Bonchev–Trinajstić information content (AvgIpc) is 2.23. The molecule has 0 fully saturated rings. The first-order chi connectivity index (χ1) is 8.69. The van der Waals surface area contributed by atoms with E-state index in [0.29, 0.717) is 11.5 Å². The van der Waals surface area contributed by atoms with E-state index >= 15 is 0 Å². The van der Waals surface area contributed by atoms with Gasteiger partial charge in [0.25, 0.3) is 0 Å². The van der Waals surface area contributed by atoms with Gasteiger partial charge in [0.1, 0.15) is 5.82 Å². The van der Waals surface area contributed by atoms with E-state index in [-0.39, 0.29) is 23.6 Å². The van der Waals surface area contributed by atoms with Gasteiger partial charge in [-0.25, -0.2) is 9.78 Å². The zero-order valence-electron chi connectivity index (χ0n) is 11.6. The molecule has 0 saturated carbocycles. The molecule has 0 unspecified atom stereocenters. The zero-order valence-corrected chi connectivity index (χ0v) is 11.6. The smallest absolute Gasteiger partial charge is 0.337 e. The van der Waals surface area contributed by atoms with Gasteiger partial charge in [0.15, 0.2) is 0 Å². The van der Waals surface area contributed by atoms with Crippen molar-refractivity contribution in [2.24, 2.45) is 0 Å². The molecule has 0 aliphatic heterocycles. The number of amides is 1. The number of nitrogens with one attached hydrogen (secondary N) is 2. The van der Waals surface area contributed by atoms with Crippen LogP contribution in [0, 0.1) is 6.92 Å². The number of carboxylic acid groups (broad SMARTS) is 1. The number of anilines is 1. The van der Waals surface area contributed by atoms with Crippen molar-refractivity contribution >= 4 is 17.7 Å². The number of aromatic nitrogens is 1. The van der Waals surface area contributed by atoms with Crippen molar-refractivity contribution in [3.05, 3.63) is 23.4 Å². The van der Waals surface area contributed by atoms with E-state index in [1.807, 2.05) is 20.8 Å². The Balaban J connectivity index is 2.62. The molecule has 0 aromatic carbocycles. The first-order valence-corrected chi connectivity index (χ1v) is 5.95. The van der Waals surface area contributed by atoms with Crippen LogP contribution in [0.1, 0.15) is 36.8 Å². The lowest BCUT2D eigenvalue weighted by Gasteiger charge is -2.20. The predicted octanol–water partition coefficient (Wildman–Crippen LogP) is 1.41. The quantitative estimate of drug-likeness (QED) is 0.765. The van der Waals surface area contributed by atoms with Crippen LogP contribution in [0.5, 0.6) is 0 Å². The predicted molar refractivity (Wildman–Crippen MR) is 72.3 cm³/mol. The third-order valence-electron chi connectivity index (χ3n) is 2.26. The highest BCUT2D eigenvalue weighted by molar-refractivity contribution is 5.89. The summed E-state index contributed by atoms with van der Waals surface area (Å²) >= 11 is 0. The molecule has 0 radical (unpaired) electrons. The van der Waals surface area contributed by atoms with Gasteiger partial charge in [-0.2, -0.15) is 0 Å². The number of rotatable bonds is 4. The lowest BCUT2D eigenvalue weighted by Crippen LogP contribution is -2.43. The minimum absolute atomic E-state index is 0.0934. The Kier molecular flexibility index (Phi) is 4.47. The second kappa shape index (κ2) is 5.69. The van der Waals surface area contributed by atoms with Crippen molar-refractivity contribution in [2.45, 2.75) is 33.2 Å². The van der Waals surface area contributed by atoms with Gasteiger partial charge in [-0.3, -0.25) is 4.79 Å². The molecule has 0 bridgehead atoms. The maximum atomic E-state index is 11.6. The fourth-order valence-electron chi connectivity index (χ4n) is 1.52. The summed E-state index contributed by atoms with van der Waals surface area (Å²) in [6.45, 7) is 7.40. The van der Waals surface area contributed by atoms with E-state index in [4.69, 9.17) is 5.11 Å². The fourth-order valence-corrected chi connectivity index (χ4v) is 1.52. The van der Waals surface area contributed by atoms with E-state index in [1.54, 1.807) is 13.0 Å². The fraction of sp³-hybridized carbons (Fsp3) is 0.462. The molecule has 0 aliphatic rings. The molecule has 0 spiro atoms. The molecule has 6 heteroatoms. The number of aryl methyl sites for hydroxylation is 1. The van der Waals surface area contributed by atoms with E-state index in [2.05, 4.69) is 15.6 Å². The molecule has 1 rings (SSSR count). The van der Waals surface area contributed by atoms with Crippen LogP contribution >= 0.6 is 0 Å². The molecule has 1 aromatic rings. The van der Waals surface area contributed by atoms with Crippen molar-refractivity contribution in [1.29, 1.82) is 0 Å². The zero-order chi connectivity index (χ0) is 14.6. The number of hydrogen-bond donors (Lipinski definition) is 3. The molecular formula is C13H19N3O3. The normalized spacial score (nSPS) is 10.9. The van der Waals surface area contributed by atoms with Crippen molar-refractivity contribution in [3.63, 3.8) is 0 Å². The van der Waals surface area contributed by atoms with E-state index in [1.165, 1.54) is 6.07 Å². The summed E-state index contributed by atoms with van der Waals surface area (Å²) in [6, 6.07) is 3.01. The molecule has 0 saturated heterocycles. The highest BCUT2D eigenvalue weighted by atomic mass is 16.4. The number of aromatic carboxylic acids is 1. The Morgan fingerprint density at radius 1 is 1.32 bits per heavy atom. The van der Waals surface area contributed by atoms with Crippen LogP contribution in [-0.4, -0.2) is 34.1 Å². The monoisotopic (exact) mass is 265 g/mol. The highest BCUT2D eigenvalue weighted by Gasteiger charge is 2.14. The summed E-state index contributed by atoms with van der Waals surface area (Å²) in [6.07, 6.45) is 0. The Morgan fingerprint density at radius 2 is 1.95 bits per heavy atom. The summed E-state index contributed by atoms with van der Waals surface area (Å²) < 4.78 is 0. The second-order valence-electron chi connectivity index (χ2n) is 5.29.